The van der Waals surface area contributed by atoms with E-state index in [1.165, 1.54) is 0 Å². The molecule has 0 amide bonds. The second-order valence-electron chi connectivity index (χ2n) is 7.41. The topological polar surface area (TPSA) is 106 Å². The summed E-state index contributed by atoms with van der Waals surface area (Å²) < 4.78 is 1.85. The third-order valence-electron chi connectivity index (χ3n) is 5.67. The van der Waals surface area contributed by atoms with Crippen LogP contribution in [0.1, 0.15) is 23.1 Å². The lowest BCUT2D eigenvalue weighted by molar-refractivity contribution is -0.743. The molecular weight excluding hydrogens is 398 g/mol. The van der Waals surface area contributed by atoms with Crippen LogP contribution in [0.5, 0.6) is 0 Å². The molecule has 3 atom stereocenters. The molecule has 154 valence electrons. The van der Waals surface area contributed by atoms with Crippen LogP contribution in [-0.2, 0) is 5.72 Å². The van der Waals surface area contributed by atoms with Crippen molar-refractivity contribution in [1.29, 1.82) is 10.5 Å². The van der Waals surface area contributed by atoms with Crippen molar-refractivity contribution >= 4 is 5.87 Å². The van der Waals surface area contributed by atoms with Gasteiger partial charge in [0.15, 0.2) is 12.4 Å². The van der Waals surface area contributed by atoms with Crippen LogP contribution in [0.2, 0.25) is 0 Å². The minimum absolute atomic E-state index is 0.0467. The molecule has 1 aliphatic heterocycles. The van der Waals surface area contributed by atoms with E-state index >= 15 is 0 Å². The fourth-order valence-electron chi connectivity index (χ4n) is 4.28. The molecule has 2 N–H and O–H groups in total. The van der Waals surface area contributed by atoms with Crippen LogP contribution in [0.4, 0.5) is 0 Å². The summed E-state index contributed by atoms with van der Waals surface area (Å²) in [4.78, 5) is 0. The molecule has 3 unspecified atom stereocenters. The van der Waals surface area contributed by atoms with E-state index in [0.29, 0.717) is 5.56 Å². The summed E-state index contributed by atoms with van der Waals surface area (Å²) in [5.41, 5.74) is -0.376. The van der Waals surface area contributed by atoms with Gasteiger partial charge in [-0.3, -0.25) is 0 Å². The number of benzene rings is 2. The molecule has 32 heavy (non-hydrogen) atoms. The zero-order chi connectivity index (χ0) is 22.6. The Morgan fingerprint density at radius 2 is 1.53 bits per heavy atom. The van der Waals surface area contributed by atoms with Crippen molar-refractivity contribution in [2.75, 3.05) is 0 Å². The smallest absolute Gasteiger partial charge is 0.227 e. The summed E-state index contributed by atoms with van der Waals surface area (Å²) in [6, 6.07) is 27.3. The lowest BCUT2D eigenvalue weighted by Crippen LogP contribution is -2.62. The summed E-state index contributed by atoms with van der Waals surface area (Å²) in [5, 5.41) is 44.6. The van der Waals surface area contributed by atoms with Gasteiger partial charge in [0.2, 0.25) is 11.8 Å². The van der Waals surface area contributed by atoms with Crippen molar-refractivity contribution < 1.29 is 9.67 Å². The van der Waals surface area contributed by atoms with Gasteiger partial charge in [0, 0.05) is 17.7 Å². The number of nitrogens with zero attached hydrogens (tertiary/aromatic N) is 4. The summed E-state index contributed by atoms with van der Waals surface area (Å²) in [7, 11) is 0. The van der Waals surface area contributed by atoms with Crippen molar-refractivity contribution in [3.63, 3.8) is 0 Å². The van der Waals surface area contributed by atoms with Gasteiger partial charge in [-0.25, -0.2) is 5.87 Å². The van der Waals surface area contributed by atoms with Gasteiger partial charge in [-0.1, -0.05) is 66.7 Å². The second kappa shape index (κ2) is 8.71. The van der Waals surface area contributed by atoms with Gasteiger partial charge in [-0.05, 0) is 5.56 Å². The van der Waals surface area contributed by atoms with Crippen LogP contribution >= 0.6 is 0 Å². The molecule has 0 saturated carbocycles. The Hall–Kier alpha value is -4.48. The Balaban J connectivity index is 2.10. The van der Waals surface area contributed by atoms with E-state index in [4.69, 9.17) is 0 Å². The van der Waals surface area contributed by atoms with E-state index in [9.17, 15) is 21.0 Å². The lowest BCUT2D eigenvalue weighted by Gasteiger charge is -2.43. The second-order valence-corrected chi connectivity index (χ2v) is 7.41. The first-order chi connectivity index (χ1) is 15.6. The van der Waals surface area contributed by atoms with Crippen LogP contribution < -0.4 is 9.88 Å². The van der Waals surface area contributed by atoms with Crippen molar-refractivity contribution in [2.45, 2.75) is 17.7 Å². The SMILES string of the molecule is N#CC(=C=[N-])C1=C(C#N)C(c2ccccc2)C([n+]2ccccc2)C(O)(c2ccccc2)N1. The Bertz CT molecular complexity index is 1280. The summed E-state index contributed by atoms with van der Waals surface area (Å²) >= 11 is 0. The summed E-state index contributed by atoms with van der Waals surface area (Å²) in [6.45, 7) is 0. The molecule has 0 spiro atoms. The summed E-state index contributed by atoms with van der Waals surface area (Å²) in [5.74, 6) is 1.24. The normalized spacial score (nSPS) is 22.1. The molecular formula is C26H19N5O. The first-order valence-corrected chi connectivity index (χ1v) is 10.0. The fraction of sp³-hybridized carbons (Fsp3) is 0.115. The molecule has 0 radical (unpaired) electrons. The Kier molecular flexibility index (Phi) is 5.66. The molecule has 2 aromatic carbocycles. The predicted molar refractivity (Wildman–Crippen MR) is 118 cm³/mol. The minimum atomic E-state index is -1.72. The van der Waals surface area contributed by atoms with Gasteiger partial charge in [0.05, 0.1) is 28.8 Å². The van der Waals surface area contributed by atoms with Crippen LogP contribution in [0.15, 0.2) is 108 Å². The highest BCUT2D eigenvalue weighted by Gasteiger charge is 2.56. The number of rotatable bonds is 4. The van der Waals surface area contributed by atoms with Gasteiger partial charge < -0.3 is 15.8 Å². The first kappa shape index (κ1) is 20.8. The monoisotopic (exact) mass is 417 g/mol. The standard InChI is InChI=1S/C26H19N5O/c27-16-20(17-28)24-22(18-29)23(19-10-4-1-5-11-19)25(31-14-8-3-9-15-31)26(32,30-24)21-12-6-2-7-13-21/h1-15,23,25,30,32H. The highest BCUT2D eigenvalue weighted by Crippen LogP contribution is 2.47. The number of hydrogen-bond acceptors (Lipinski definition) is 4. The van der Waals surface area contributed by atoms with E-state index in [0.717, 1.165) is 5.56 Å². The molecule has 6 nitrogen and oxygen atoms in total. The van der Waals surface area contributed by atoms with E-state index in [-0.39, 0.29) is 16.8 Å². The maximum absolute atomic E-state index is 12.2. The zero-order valence-corrected chi connectivity index (χ0v) is 17.1. The first-order valence-electron chi connectivity index (χ1n) is 10.0. The Morgan fingerprint density at radius 1 is 0.938 bits per heavy atom. The van der Waals surface area contributed by atoms with E-state index in [2.05, 4.69) is 11.4 Å². The van der Waals surface area contributed by atoms with Crippen molar-refractivity contribution in [2.24, 2.45) is 0 Å². The van der Waals surface area contributed by atoms with Gasteiger partial charge in [-0.2, -0.15) is 15.1 Å². The third kappa shape index (κ3) is 3.47. The van der Waals surface area contributed by atoms with E-state index in [1.807, 2.05) is 95.6 Å². The zero-order valence-electron chi connectivity index (χ0n) is 17.1. The molecule has 0 saturated heterocycles. The molecule has 0 aliphatic carbocycles. The highest BCUT2D eigenvalue weighted by molar-refractivity contribution is 5.74. The van der Waals surface area contributed by atoms with Gasteiger partial charge in [0.1, 0.15) is 6.07 Å². The average Bonchev–Trinajstić information content (AvgIpc) is 2.86. The minimum Gasteiger partial charge on any atom is -0.762 e. The van der Waals surface area contributed by atoms with Crippen LogP contribution in [-0.4, -0.2) is 11.0 Å². The molecule has 1 aliphatic rings. The number of allylic oxidation sites excluding steroid dienone is 2. The molecule has 3 aromatic rings. The Morgan fingerprint density at radius 3 is 2.09 bits per heavy atom. The molecule has 1 aromatic heterocycles. The quantitative estimate of drug-likeness (QED) is 0.386. The molecule has 0 bridgehead atoms. The number of nitriles is 2. The Labute approximate surface area is 186 Å². The number of hydrogen-bond donors (Lipinski definition) is 2. The predicted octanol–water partition coefficient (Wildman–Crippen LogP) is 3.21. The van der Waals surface area contributed by atoms with E-state index < -0.39 is 17.7 Å². The van der Waals surface area contributed by atoms with Crippen LogP contribution in [0.3, 0.4) is 0 Å². The maximum atomic E-state index is 12.2. The third-order valence-corrected chi connectivity index (χ3v) is 5.67. The number of nitrogens with one attached hydrogen (secondary N) is 1. The summed E-state index contributed by atoms with van der Waals surface area (Å²) in [6.07, 6.45) is 3.66. The van der Waals surface area contributed by atoms with Crippen molar-refractivity contribution in [1.82, 2.24) is 5.32 Å². The molecule has 0 fully saturated rings. The largest absolute Gasteiger partial charge is 0.762 e. The van der Waals surface area contributed by atoms with Gasteiger partial charge >= 0.3 is 0 Å². The maximum Gasteiger partial charge on any atom is 0.227 e. The van der Waals surface area contributed by atoms with E-state index in [1.54, 1.807) is 12.1 Å². The average molecular weight is 417 g/mol. The van der Waals surface area contributed by atoms with Crippen molar-refractivity contribution in [3.8, 4) is 12.1 Å². The number of pyridine rings is 1. The van der Waals surface area contributed by atoms with Gasteiger partial charge in [0.25, 0.3) is 0 Å². The number of aliphatic hydroxyl groups is 1. The molecule has 2 heterocycles. The number of aromatic nitrogens is 1. The molecule has 6 heteroatoms. The fourth-order valence-corrected chi connectivity index (χ4v) is 4.28. The van der Waals surface area contributed by atoms with Gasteiger partial charge in [-0.15, -0.1) is 0 Å². The highest BCUT2D eigenvalue weighted by atomic mass is 16.3. The van der Waals surface area contributed by atoms with Crippen molar-refractivity contribution in [3.05, 3.63) is 125 Å². The van der Waals surface area contributed by atoms with Crippen LogP contribution in [0, 0.1) is 22.7 Å². The molecule has 4 rings (SSSR count). The lowest BCUT2D eigenvalue weighted by atomic mass is 9.73. The van der Waals surface area contributed by atoms with Crippen LogP contribution in [0.25, 0.3) is 5.41 Å².